The van der Waals surface area contributed by atoms with Gasteiger partial charge in [0, 0.05) is 0 Å². The van der Waals surface area contributed by atoms with Gasteiger partial charge >= 0.3 is 5.97 Å². The first-order valence-corrected chi connectivity index (χ1v) is 11.2. The zero-order valence-electron chi connectivity index (χ0n) is 19.1. The maximum Gasteiger partial charge on any atom is 0.377 e. The van der Waals surface area contributed by atoms with Gasteiger partial charge in [-0.05, 0) is 16.7 Å². The van der Waals surface area contributed by atoms with E-state index in [0.29, 0.717) is 25.6 Å². The van der Waals surface area contributed by atoms with Gasteiger partial charge in [-0.3, -0.25) is 0 Å². The SMILES string of the molecule is COC(=O)/C(OCc1ccccc1)=C1\O[C@H](COCc2ccccc2)[C@H]1OCc1ccccc1. The average Bonchev–Trinajstić information content (AvgIpc) is 2.88. The van der Waals surface area contributed by atoms with Gasteiger partial charge in [0.05, 0.1) is 26.9 Å². The van der Waals surface area contributed by atoms with Gasteiger partial charge in [0.2, 0.25) is 5.76 Å². The smallest absolute Gasteiger partial charge is 0.377 e. The summed E-state index contributed by atoms with van der Waals surface area (Å²) in [5.74, 6) is -0.265. The van der Waals surface area contributed by atoms with Crippen LogP contribution in [0, 0.1) is 0 Å². The lowest BCUT2D eigenvalue weighted by molar-refractivity contribution is -0.173. The first-order chi connectivity index (χ1) is 16.7. The van der Waals surface area contributed by atoms with Crippen molar-refractivity contribution in [3.8, 4) is 0 Å². The van der Waals surface area contributed by atoms with Crippen LogP contribution in [0.15, 0.2) is 103 Å². The van der Waals surface area contributed by atoms with Crippen LogP contribution in [-0.4, -0.2) is 31.9 Å². The normalized spacial score (nSPS) is 18.4. The summed E-state index contributed by atoms with van der Waals surface area (Å²) in [5.41, 5.74) is 3.01. The van der Waals surface area contributed by atoms with Crippen LogP contribution in [0.2, 0.25) is 0 Å². The molecular weight excluding hydrogens is 432 g/mol. The topological polar surface area (TPSA) is 63.2 Å². The minimum absolute atomic E-state index is 0.0173. The van der Waals surface area contributed by atoms with Gasteiger partial charge in [-0.2, -0.15) is 0 Å². The van der Waals surface area contributed by atoms with Gasteiger partial charge in [0.15, 0.2) is 18.0 Å². The fourth-order valence-corrected chi connectivity index (χ4v) is 3.56. The molecule has 0 aromatic heterocycles. The van der Waals surface area contributed by atoms with Crippen LogP contribution in [0.1, 0.15) is 16.7 Å². The van der Waals surface area contributed by atoms with Crippen molar-refractivity contribution in [3.05, 3.63) is 119 Å². The molecule has 0 N–H and O–H groups in total. The van der Waals surface area contributed by atoms with E-state index in [1.807, 2.05) is 91.0 Å². The third-order valence-electron chi connectivity index (χ3n) is 5.36. The first kappa shape index (κ1) is 23.5. The largest absolute Gasteiger partial charge is 0.482 e. The molecule has 0 saturated carbocycles. The third-order valence-corrected chi connectivity index (χ3v) is 5.36. The molecule has 34 heavy (non-hydrogen) atoms. The van der Waals surface area contributed by atoms with Gasteiger partial charge < -0.3 is 23.7 Å². The molecule has 4 rings (SSSR count). The summed E-state index contributed by atoms with van der Waals surface area (Å²) in [6.07, 6.45) is -0.872. The Morgan fingerprint density at radius 2 is 1.29 bits per heavy atom. The lowest BCUT2D eigenvalue weighted by atomic mass is 10.0. The van der Waals surface area contributed by atoms with E-state index < -0.39 is 12.1 Å². The predicted octanol–water partition coefficient (Wildman–Crippen LogP) is 4.79. The summed E-state index contributed by atoms with van der Waals surface area (Å²) in [6, 6.07) is 29.3. The van der Waals surface area contributed by atoms with Crippen molar-refractivity contribution in [1.29, 1.82) is 0 Å². The Morgan fingerprint density at radius 3 is 1.85 bits per heavy atom. The molecule has 3 aromatic carbocycles. The Balaban J connectivity index is 1.47. The molecule has 0 spiro atoms. The number of hydrogen-bond acceptors (Lipinski definition) is 6. The van der Waals surface area contributed by atoms with Gasteiger partial charge in [-0.1, -0.05) is 91.0 Å². The highest BCUT2D eigenvalue weighted by molar-refractivity contribution is 5.87. The van der Waals surface area contributed by atoms with Gasteiger partial charge in [0.25, 0.3) is 0 Å². The second-order valence-electron chi connectivity index (χ2n) is 7.83. The summed E-state index contributed by atoms with van der Waals surface area (Å²) in [4.78, 5) is 12.5. The van der Waals surface area contributed by atoms with Crippen LogP contribution in [0.4, 0.5) is 0 Å². The Kier molecular flexibility index (Phi) is 8.32. The van der Waals surface area contributed by atoms with Crippen molar-refractivity contribution >= 4 is 5.97 Å². The van der Waals surface area contributed by atoms with Crippen LogP contribution in [0.5, 0.6) is 0 Å². The van der Waals surface area contributed by atoms with E-state index in [2.05, 4.69) is 0 Å². The molecule has 2 atom stereocenters. The Bertz CT molecular complexity index is 1070. The molecule has 1 saturated heterocycles. The summed E-state index contributed by atoms with van der Waals surface area (Å²) in [5, 5.41) is 0. The van der Waals surface area contributed by atoms with Crippen molar-refractivity contribution in [2.45, 2.75) is 32.0 Å². The van der Waals surface area contributed by atoms with Crippen LogP contribution in [-0.2, 0) is 48.3 Å². The predicted molar refractivity (Wildman–Crippen MR) is 126 cm³/mol. The molecule has 1 fully saturated rings. The lowest BCUT2D eigenvalue weighted by Crippen LogP contribution is -2.49. The molecule has 3 aromatic rings. The average molecular weight is 461 g/mol. The van der Waals surface area contributed by atoms with Crippen molar-refractivity contribution in [2.24, 2.45) is 0 Å². The van der Waals surface area contributed by atoms with Crippen molar-refractivity contribution in [3.63, 3.8) is 0 Å². The van der Waals surface area contributed by atoms with Crippen LogP contribution >= 0.6 is 0 Å². The second-order valence-corrected chi connectivity index (χ2v) is 7.83. The zero-order valence-corrected chi connectivity index (χ0v) is 19.1. The zero-order chi connectivity index (χ0) is 23.6. The molecule has 0 aliphatic carbocycles. The number of rotatable bonds is 11. The molecule has 0 bridgehead atoms. The van der Waals surface area contributed by atoms with E-state index in [9.17, 15) is 4.79 Å². The van der Waals surface area contributed by atoms with Crippen molar-refractivity contribution in [2.75, 3.05) is 13.7 Å². The minimum Gasteiger partial charge on any atom is -0.482 e. The number of hydrogen-bond donors (Lipinski definition) is 0. The molecule has 6 nitrogen and oxygen atoms in total. The van der Waals surface area contributed by atoms with Crippen molar-refractivity contribution < 1.29 is 28.5 Å². The number of ether oxygens (including phenoxy) is 5. The summed E-state index contributed by atoms with van der Waals surface area (Å²) < 4.78 is 28.8. The van der Waals surface area contributed by atoms with E-state index in [0.717, 1.165) is 16.7 Å². The molecular formula is C28H28O6. The molecule has 1 aliphatic heterocycles. The van der Waals surface area contributed by atoms with Crippen LogP contribution < -0.4 is 0 Å². The van der Waals surface area contributed by atoms with Crippen LogP contribution in [0.25, 0.3) is 0 Å². The minimum atomic E-state index is -0.608. The second kappa shape index (κ2) is 12.0. The highest BCUT2D eigenvalue weighted by Gasteiger charge is 2.45. The number of esters is 1. The van der Waals surface area contributed by atoms with Crippen LogP contribution in [0.3, 0.4) is 0 Å². The van der Waals surface area contributed by atoms with Gasteiger partial charge in [-0.25, -0.2) is 4.79 Å². The van der Waals surface area contributed by atoms with Gasteiger partial charge in [0.1, 0.15) is 6.61 Å². The monoisotopic (exact) mass is 460 g/mol. The van der Waals surface area contributed by atoms with E-state index in [4.69, 9.17) is 23.7 Å². The quantitative estimate of drug-likeness (QED) is 0.233. The molecule has 0 unspecified atom stereocenters. The van der Waals surface area contributed by atoms with E-state index in [1.54, 1.807) is 0 Å². The highest BCUT2D eigenvalue weighted by Crippen LogP contribution is 2.34. The molecule has 176 valence electrons. The lowest BCUT2D eigenvalue weighted by Gasteiger charge is -2.40. The number of benzene rings is 3. The third kappa shape index (κ3) is 6.25. The molecule has 0 radical (unpaired) electrons. The van der Waals surface area contributed by atoms with E-state index >= 15 is 0 Å². The Morgan fingerprint density at radius 1 is 0.765 bits per heavy atom. The number of carbonyl (C=O) groups excluding carboxylic acids is 1. The maximum atomic E-state index is 12.5. The highest BCUT2D eigenvalue weighted by atomic mass is 16.6. The summed E-state index contributed by atoms with van der Waals surface area (Å²) >= 11 is 0. The molecule has 6 heteroatoms. The summed E-state index contributed by atoms with van der Waals surface area (Å²) in [6.45, 7) is 1.34. The Hall–Kier alpha value is -3.61. The maximum absolute atomic E-state index is 12.5. The Labute approximate surface area is 199 Å². The first-order valence-electron chi connectivity index (χ1n) is 11.2. The number of methoxy groups -OCH3 is 1. The molecule has 1 heterocycles. The molecule has 0 amide bonds. The fourth-order valence-electron chi connectivity index (χ4n) is 3.56. The van der Waals surface area contributed by atoms with Crippen molar-refractivity contribution in [1.82, 2.24) is 0 Å². The molecule has 1 aliphatic rings. The fraction of sp³-hybridized carbons (Fsp3) is 0.250. The van der Waals surface area contributed by atoms with Gasteiger partial charge in [-0.15, -0.1) is 0 Å². The van der Waals surface area contributed by atoms with E-state index in [-0.39, 0.29) is 18.5 Å². The summed E-state index contributed by atoms with van der Waals surface area (Å²) in [7, 11) is 1.31. The number of carbonyl (C=O) groups is 1. The standard InChI is InChI=1S/C28H28O6/c1-30-28(29)27(33-19-23-15-9-4-10-16-23)26-25(32-18-22-13-7-3-8-14-22)24(34-26)20-31-17-21-11-5-2-6-12-21/h2-16,24-25H,17-20H2,1H3/b27-26+/t24-,25-/m1/s1. The van der Waals surface area contributed by atoms with E-state index in [1.165, 1.54) is 7.11 Å².